The molecule has 2 amide bonds. The summed E-state index contributed by atoms with van der Waals surface area (Å²) in [6.45, 7) is -0.583. The van der Waals surface area contributed by atoms with E-state index in [1.54, 1.807) is 6.08 Å². The minimum absolute atomic E-state index is 0.312. The smallest absolute Gasteiger partial charge is 0.323 e. The number of nitrogens with zero attached hydrogens (tertiary/aromatic N) is 1. The lowest BCUT2D eigenvalue weighted by Gasteiger charge is -2.07. The van der Waals surface area contributed by atoms with Gasteiger partial charge in [0.25, 0.3) is 11.1 Å². The lowest BCUT2D eigenvalue weighted by atomic mass is 10.1. The number of carboxylic acids is 1. The Kier molecular flexibility index (Phi) is 4.57. The lowest BCUT2D eigenvalue weighted by Crippen LogP contribution is -2.33. The maximum absolute atomic E-state index is 11.8. The first kappa shape index (κ1) is 14.3. The standard InChI is InChI=1S/C14H13NO4S/c16-12(17)9-15-13(18)11(20-14(15)19)8-4-7-10-5-2-1-3-6-10/h1-3,5-6,8H,4,7,9H2,(H,16,17)/b11-8-. The zero-order valence-electron chi connectivity index (χ0n) is 10.6. The third-order valence-electron chi connectivity index (χ3n) is 2.77. The van der Waals surface area contributed by atoms with Crippen LogP contribution in [0, 0.1) is 0 Å². The van der Waals surface area contributed by atoms with E-state index in [-0.39, 0.29) is 0 Å². The Balaban J connectivity index is 1.96. The van der Waals surface area contributed by atoms with Gasteiger partial charge in [-0.25, -0.2) is 0 Å². The van der Waals surface area contributed by atoms with Crippen LogP contribution in [0.5, 0.6) is 0 Å². The molecule has 1 aliphatic rings. The second-order valence-electron chi connectivity index (χ2n) is 4.25. The minimum Gasteiger partial charge on any atom is -0.480 e. The summed E-state index contributed by atoms with van der Waals surface area (Å²) in [4.78, 5) is 35.0. The molecular formula is C14H13NO4S. The molecule has 0 spiro atoms. The van der Waals surface area contributed by atoms with Crippen LogP contribution in [0.1, 0.15) is 12.0 Å². The summed E-state index contributed by atoms with van der Waals surface area (Å²) in [7, 11) is 0. The van der Waals surface area contributed by atoms with Gasteiger partial charge in [-0.1, -0.05) is 36.4 Å². The summed E-state index contributed by atoms with van der Waals surface area (Å²) in [5, 5.41) is 8.12. The highest BCUT2D eigenvalue weighted by atomic mass is 32.2. The Morgan fingerprint density at radius 3 is 2.60 bits per heavy atom. The quantitative estimate of drug-likeness (QED) is 0.842. The molecule has 6 heteroatoms. The van der Waals surface area contributed by atoms with Crippen molar-refractivity contribution in [2.45, 2.75) is 12.8 Å². The van der Waals surface area contributed by atoms with Crippen molar-refractivity contribution in [3.05, 3.63) is 46.9 Å². The van der Waals surface area contributed by atoms with E-state index in [2.05, 4.69) is 0 Å². The molecule has 1 heterocycles. The van der Waals surface area contributed by atoms with Crippen LogP contribution in [0.2, 0.25) is 0 Å². The third-order valence-corrected chi connectivity index (χ3v) is 3.73. The van der Waals surface area contributed by atoms with Crippen molar-refractivity contribution < 1.29 is 19.5 Å². The number of rotatable bonds is 5. The fourth-order valence-corrected chi connectivity index (χ4v) is 2.67. The van der Waals surface area contributed by atoms with Crippen LogP contribution >= 0.6 is 11.8 Å². The number of carboxylic acid groups (broad SMARTS) is 1. The van der Waals surface area contributed by atoms with Crippen molar-refractivity contribution in [3.8, 4) is 0 Å². The third kappa shape index (κ3) is 3.48. The number of allylic oxidation sites excluding steroid dienone is 1. The molecule has 1 N–H and O–H groups in total. The van der Waals surface area contributed by atoms with Crippen molar-refractivity contribution >= 4 is 28.9 Å². The summed E-state index contributed by atoms with van der Waals surface area (Å²) in [6.07, 6.45) is 3.09. The highest BCUT2D eigenvalue weighted by molar-refractivity contribution is 8.18. The summed E-state index contributed by atoms with van der Waals surface area (Å²) < 4.78 is 0. The first-order valence-electron chi connectivity index (χ1n) is 6.07. The summed E-state index contributed by atoms with van der Waals surface area (Å²) >= 11 is 0.794. The topological polar surface area (TPSA) is 74.7 Å². The molecule has 0 atom stereocenters. The average Bonchev–Trinajstić information content (AvgIpc) is 2.67. The maximum atomic E-state index is 11.8. The molecule has 20 heavy (non-hydrogen) atoms. The van der Waals surface area contributed by atoms with Crippen LogP contribution < -0.4 is 0 Å². The van der Waals surface area contributed by atoms with Gasteiger partial charge in [0.15, 0.2) is 0 Å². The molecule has 0 bridgehead atoms. The molecule has 5 nitrogen and oxygen atoms in total. The number of hydrogen-bond donors (Lipinski definition) is 1. The first-order valence-corrected chi connectivity index (χ1v) is 6.89. The number of benzene rings is 1. The fourth-order valence-electron chi connectivity index (χ4n) is 1.82. The van der Waals surface area contributed by atoms with Crippen LogP contribution in [-0.2, 0) is 16.0 Å². The Morgan fingerprint density at radius 2 is 1.95 bits per heavy atom. The number of carbonyl (C=O) groups excluding carboxylic acids is 2. The van der Waals surface area contributed by atoms with Gasteiger partial charge in [-0.15, -0.1) is 0 Å². The van der Waals surface area contributed by atoms with Gasteiger partial charge in [-0.3, -0.25) is 19.3 Å². The van der Waals surface area contributed by atoms with Gasteiger partial charge in [-0.2, -0.15) is 0 Å². The van der Waals surface area contributed by atoms with Gasteiger partial charge < -0.3 is 5.11 Å². The molecule has 0 aromatic heterocycles. The Morgan fingerprint density at radius 1 is 1.25 bits per heavy atom. The minimum atomic E-state index is -1.20. The first-order chi connectivity index (χ1) is 9.58. The number of amides is 2. The van der Waals surface area contributed by atoms with Crippen molar-refractivity contribution in [2.24, 2.45) is 0 Å². The molecule has 1 saturated heterocycles. The average molecular weight is 291 g/mol. The number of thioether (sulfide) groups is 1. The van der Waals surface area contributed by atoms with E-state index in [4.69, 9.17) is 5.11 Å². The van der Waals surface area contributed by atoms with Gasteiger partial charge >= 0.3 is 5.97 Å². The van der Waals surface area contributed by atoms with Gasteiger partial charge in [0.05, 0.1) is 4.91 Å². The zero-order valence-corrected chi connectivity index (χ0v) is 11.4. The molecule has 104 valence electrons. The highest BCUT2D eigenvalue weighted by Crippen LogP contribution is 2.30. The number of imide groups is 1. The summed E-state index contributed by atoms with van der Waals surface area (Å²) in [6, 6.07) is 9.79. The van der Waals surface area contributed by atoms with Crippen molar-refractivity contribution in [1.29, 1.82) is 0 Å². The zero-order chi connectivity index (χ0) is 14.5. The van der Waals surface area contributed by atoms with E-state index in [0.29, 0.717) is 11.3 Å². The molecule has 1 aliphatic heterocycles. The molecule has 1 fully saturated rings. The van der Waals surface area contributed by atoms with Crippen molar-refractivity contribution in [3.63, 3.8) is 0 Å². The molecule has 1 aromatic carbocycles. The van der Waals surface area contributed by atoms with Gasteiger partial charge in [0, 0.05) is 0 Å². The second-order valence-corrected chi connectivity index (χ2v) is 5.24. The number of hydrogen-bond acceptors (Lipinski definition) is 4. The molecule has 1 aromatic rings. The lowest BCUT2D eigenvalue weighted by molar-refractivity contribution is -0.140. The van der Waals surface area contributed by atoms with E-state index in [9.17, 15) is 14.4 Å². The van der Waals surface area contributed by atoms with Crippen LogP contribution in [0.4, 0.5) is 4.79 Å². The Bertz CT molecular complexity index is 568. The number of aryl methyl sites for hydroxylation is 1. The van der Waals surface area contributed by atoms with E-state index < -0.39 is 23.7 Å². The summed E-state index contributed by atoms with van der Waals surface area (Å²) in [5.41, 5.74) is 1.15. The number of carbonyl (C=O) groups is 3. The molecule has 0 saturated carbocycles. The van der Waals surface area contributed by atoms with E-state index in [1.165, 1.54) is 0 Å². The molecule has 0 radical (unpaired) electrons. The van der Waals surface area contributed by atoms with E-state index in [1.807, 2.05) is 30.3 Å². The van der Waals surface area contributed by atoms with Crippen molar-refractivity contribution in [1.82, 2.24) is 4.90 Å². The Labute approximate surface area is 120 Å². The van der Waals surface area contributed by atoms with Gasteiger partial charge in [-0.05, 0) is 30.2 Å². The fraction of sp³-hybridized carbons (Fsp3) is 0.214. The second kappa shape index (κ2) is 6.38. The maximum Gasteiger partial charge on any atom is 0.323 e. The van der Waals surface area contributed by atoms with Crippen LogP contribution in [0.25, 0.3) is 0 Å². The van der Waals surface area contributed by atoms with Crippen LogP contribution in [-0.4, -0.2) is 33.7 Å². The Hall–Kier alpha value is -2.08. The predicted octanol–water partition coefficient (Wildman–Crippen LogP) is 2.28. The number of aliphatic carboxylic acids is 1. The molecule has 2 rings (SSSR count). The normalized spacial score (nSPS) is 17.0. The van der Waals surface area contributed by atoms with Crippen LogP contribution in [0.15, 0.2) is 41.3 Å². The van der Waals surface area contributed by atoms with Gasteiger partial charge in [0.1, 0.15) is 6.54 Å². The van der Waals surface area contributed by atoms with Crippen LogP contribution in [0.3, 0.4) is 0 Å². The molecule has 0 aliphatic carbocycles. The molecule has 0 unspecified atom stereocenters. The van der Waals surface area contributed by atoms with Crippen molar-refractivity contribution in [2.75, 3.05) is 6.54 Å². The molecular weight excluding hydrogens is 278 g/mol. The summed E-state index contributed by atoms with van der Waals surface area (Å²) in [5.74, 6) is -1.71. The van der Waals surface area contributed by atoms with E-state index >= 15 is 0 Å². The SMILES string of the molecule is O=C(O)CN1C(=O)S/C(=C\CCc2ccccc2)C1=O. The van der Waals surface area contributed by atoms with Gasteiger partial charge in [0.2, 0.25) is 0 Å². The predicted molar refractivity (Wildman–Crippen MR) is 75.2 cm³/mol. The highest BCUT2D eigenvalue weighted by Gasteiger charge is 2.35. The monoisotopic (exact) mass is 291 g/mol. The van der Waals surface area contributed by atoms with E-state index in [0.717, 1.165) is 28.6 Å². The largest absolute Gasteiger partial charge is 0.480 e.